The number of carbonyl (C=O) groups is 1. The van der Waals surface area contributed by atoms with Crippen molar-refractivity contribution in [2.24, 2.45) is 0 Å². The van der Waals surface area contributed by atoms with E-state index in [4.69, 9.17) is 0 Å². The van der Waals surface area contributed by atoms with Gasteiger partial charge in [-0.3, -0.25) is 4.79 Å². The number of hydrogen-bond acceptors (Lipinski definition) is 2. The molecule has 23 heavy (non-hydrogen) atoms. The van der Waals surface area contributed by atoms with Crippen molar-refractivity contribution < 1.29 is 18.0 Å². The molecule has 3 aromatic rings. The first kappa shape index (κ1) is 15.5. The predicted octanol–water partition coefficient (Wildman–Crippen LogP) is 4.53. The molecule has 1 aromatic heterocycles. The number of halogens is 4. The molecule has 3 rings (SSSR count). The third kappa shape index (κ3) is 2.79. The van der Waals surface area contributed by atoms with Gasteiger partial charge in [-0.05, 0) is 52.3 Å². The van der Waals surface area contributed by atoms with E-state index in [-0.39, 0.29) is 21.4 Å². The minimum absolute atomic E-state index is 0.153. The molecule has 3 nitrogen and oxygen atoms in total. The molecule has 0 aliphatic carbocycles. The fraction of sp³-hybridized carbons (Fsp3) is 0. The first-order valence-electron chi connectivity index (χ1n) is 6.46. The van der Waals surface area contributed by atoms with Gasteiger partial charge in [0.1, 0.15) is 16.1 Å². The highest BCUT2D eigenvalue weighted by Crippen LogP contribution is 2.30. The van der Waals surface area contributed by atoms with E-state index in [1.807, 2.05) is 0 Å². The molecule has 0 aliphatic heterocycles. The van der Waals surface area contributed by atoms with Gasteiger partial charge in [0.25, 0.3) is 0 Å². The average molecular weight is 381 g/mol. The van der Waals surface area contributed by atoms with Gasteiger partial charge in [-0.2, -0.15) is 5.10 Å². The molecule has 0 saturated heterocycles. The van der Waals surface area contributed by atoms with Gasteiger partial charge < -0.3 is 0 Å². The Morgan fingerprint density at radius 1 is 1.04 bits per heavy atom. The van der Waals surface area contributed by atoms with Crippen molar-refractivity contribution in [3.05, 3.63) is 70.1 Å². The number of benzene rings is 2. The van der Waals surface area contributed by atoms with Crippen LogP contribution in [0.3, 0.4) is 0 Å². The Bertz CT molecular complexity index is 908. The zero-order chi connectivity index (χ0) is 16.6. The Kier molecular flexibility index (Phi) is 4.04. The molecule has 0 amide bonds. The molecule has 0 unspecified atom stereocenters. The summed E-state index contributed by atoms with van der Waals surface area (Å²) in [4.78, 5) is 11.4. The van der Waals surface area contributed by atoms with Crippen LogP contribution in [0.15, 0.2) is 47.1 Å². The van der Waals surface area contributed by atoms with Gasteiger partial charge in [0, 0.05) is 5.56 Å². The molecule has 2 aromatic carbocycles. The molecular weight excluding hydrogens is 373 g/mol. The third-order valence-electron chi connectivity index (χ3n) is 3.23. The molecule has 0 spiro atoms. The summed E-state index contributed by atoms with van der Waals surface area (Å²) in [5, 5.41) is 4.22. The molecule has 0 N–H and O–H groups in total. The van der Waals surface area contributed by atoms with Crippen molar-refractivity contribution in [1.82, 2.24) is 9.78 Å². The second-order valence-corrected chi connectivity index (χ2v) is 5.44. The van der Waals surface area contributed by atoms with Crippen molar-refractivity contribution in [1.29, 1.82) is 0 Å². The van der Waals surface area contributed by atoms with E-state index in [1.165, 1.54) is 28.9 Å². The van der Waals surface area contributed by atoms with Gasteiger partial charge in [0.2, 0.25) is 0 Å². The standard InChI is InChI=1S/C16H8BrF3N2O/c17-16-12(8-23)15(9-4-5-13(19)14(20)6-9)21-22(16)11-3-1-2-10(18)7-11/h1-8H. The van der Waals surface area contributed by atoms with Crippen molar-refractivity contribution in [3.8, 4) is 16.9 Å². The lowest BCUT2D eigenvalue weighted by molar-refractivity contribution is 0.112. The second-order valence-electron chi connectivity index (χ2n) is 4.69. The summed E-state index contributed by atoms with van der Waals surface area (Å²) in [7, 11) is 0. The molecule has 0 radical (unpaired) electrons. The SMILES string of the molecule is O=Cc1c(-c2ccc(F)c(F)c2)nn(-c2cccc(F)c2)c1Br. The maximum absolute atomic E-state index is 13.4. The summed E-state index contributed by atoms with van der Waals surface area (Å²) < 4.78 is 41.5. The van der Waals surface area contributed by atoms with E-state index in [9.17, 15) is 18.0 Å². The zero-order valence-corrected chi connectivity index (χ0v) is 13.0. The molecular formula is C16H8BrF3N2O. The number of aldehydes is 1. The Balaban J connectivity index is 2.20. The van der Waals surface area contributed by atoms with Gasteiger partial charge in [-0.25, -0.2) is 17.9 Å². The largest absolute Gasteiger partial charge is 0.298 e. The summed E-state index contributed by atoms with van der Waals surface area (Å²) in [5.41, 5.74) is 0.936. The fourth-order valence-corrected chi connectivity index (χ4v) is 2.71. The van der Waals surface area contributed by atoms with Crippen LogP contribution in [0.2, 0.25) is 0 Å². The smallest absolute Gasteiger partial charge is 0.159 e. The number of carbonyl (C=O) groups excluding carboxylic acids is 1. The fourth-order valence-electron chi connectivity index (χ4n) is 2.15. The second kappa shape index (κ2) is 6.00. The minimum atomic E-state index is -1.05. The molecule has 1 heterocycles. The van der Waals surface area contributed by atoms with Crippen LogP contribution in [0.5, 0.6) is 0 Å². The highest BCUT2D eigenvalue weighted by molar-refractivity contribution is 9.10. The van der Waals surface area contributed by atoms with Crippen molar-refractivity contribution in [2.45, 2.75) is 0 Å². The zero-order valence-electron chi connectivity index (χ0n) is 11.4. The molecule has 0 bridgehead atoms. The quantitative estimate of drug-likeness (QED) is 0.625. The Hall–Kier alpha value is -2.41. The number of nitrogens with zero attached hydrogens (tertiary/aromatic N) is 2. The summed E-state index contributed by atoms with van der Waals surface area (Å²) in [5.74, 6) is -2.51. The van der Waals surface area contributed by atoms with Crippen molar-refractivity contribution in [2.75, 3.05) is 0 Å². The van der Waals surface area contributed by atoms with Gasteiger partial charge >= 0.3 is 0 Å². The first-order valence-corrected chi connectivity index (χ1v) is 7.25. The Labute approximate surface area is 137 Å². The molecule has 0 aliphatic rings. The van der Waals surface area contributed by atoms with E-state index < -0.39 is 17.5 Å². The van der Waals surface area contributed by atoms with Crippen molar-refractivity contribution in [3.63, 3.8) is 0 Å². The van der Waals surface area contributed by atoms with E-state index in [0.717, 1.165) is 12.1 Å². The van der Waals surface area contributed by atoms with E-state index in [1.54, 1.807) is 6.07 Å². The van der Waals surface area contributed by atoms with Crippen LogP contribution < -0.4 is 0 Å². The van der Waals surface area contributed by atoms with Crippen LogP contribution in [0.1, 0.15) is 10.4 Å². The number of rotatable bonds is 3. The summed E-state index contributed by atoms with van der Waals surface area (Å²) in [6.07, 6.45) is 0.545. The van der Waals surface area contributed by atoms with Gasteiger partial charge in [-0.1, -0.05) is 6.07 Å². The molecule has 7 heteroatoms. The van der Waals surface area contributed by atoms with E-state index in [2.05, 4.69) is 21.0 Å². The predicted molar refractivity (Wildman–Crippen MR) is 82.0 cm³/mol. The van der Waals surface area contributed by atoms with Crippen LogP contribution >= 0.6 is 15.9 Å². The van der Waals surface area contributed by atoms with Crippen LogP contribution in [-0.4, -0.2) is 16.1 Å². The highest BCUT2D eigenvalue weighted by atomic mass is 79.9. The number of hydrogen-bond donors (Lipinski definition) is 0. The topological polar surface area (TPSA) is 34.9 Å². The van der Waals surface area contributed by atoms with Crippen LogP contribution in [0, 0.1) is 17.5 Å². The summed E-state index contributed by atoms with van der Waals surface area (Å²) in [6, 6.07) is 8.83. The lowest BCUT2D eigenvalue weighted by atomic mass is 10.1. The molecule has 116 valence electrons. The Morgan fingerprint density at radius 3 is 2.48 bits per heavy atom. The van der Waals surface area contributed by atoms with E-state index in [0.29, 0.717) is 12.0 Å². The van der Waals surface area contributed by atoms with Crippen LogP contribution in [0.25, 0.3) is 16.9 Å². The van der Waals surface area contributed by atoms with E-state index >= 15 is 0 Å². The van der Waals surface area contributed by atoms with Gasteiger partial charge in [-0.15, -0.1) is 0 Å². The van der Waals surface area contributed by atoms with Gasteiger partial charge in [0.05, 0.1) is 11.3 Å². The molecule has 0 atom stereocenters. The maximum atomic E-state index is 13.4. The van der Waals surface area contributed by atoms with Crippen LogP contribution in [0.4, 0.5) is 13.2 Å². The maximum Gasteiger partial charge on any atom is 0.159 e. The Morgan fingerprint density at radius 2 is 1.83 bits per heavy atom. The number of aromatic nitrogens is 2. The normalized spacial score (nSPS) is 10.8. The molecule has 0 fully saturated rings. The van der Waals surface area contributed by atoms with Crippen molar-refractivity contribution >= 4 is 22.2 Å². The monoisotopic (exact) mass is 380 g/mol. The summed E-state index contributed by atoms with van der Waals surface area (Å²) in [6.45, 7) is 0. The lowest BCUT2D eigenvalue weighted by Crippen LogP contribution is -1.97. The van der Waals surface area contributed by atoms with Gasteiger partial charge in [0.15, 0.2) is 17.9 Å². The third-order valence-corrected chi connectivity index (χ3v) is 3.99. The minimum Gasteiger partial charge on any atom is -0.298 e. The highest BCUT2D eigenvalue weighted by Gasteiger charge is 2.19. The van der Waals surface area contributed by atoms with Crippen LogP contribution in [-0.2, 0) is 0 Å². The summed E-state index contributed by atoms with van der Waals surface area (Å²) >= 11 is 3.23. The molecule has 0 saturated carbocycles. The average Bonchev–Trinajstić information content (AvgIpc) is 2.86. The first-order chi connectivity index (χ1) is 11.0. The lowest BCUT2D eigenvalue weighted by Gasteiger charge is -2.03.